The smallest absolute Gasteiger partial charge is 0.309 e. The van der Waals surface area contributed by atoms with Gasteiger partial charge in [-0.15, -0.1) is 11.3 Å². The van der Waals surface area contributed by atoms with Crippen molar-refractivity contribution in [3.8, 4) is 0 Å². The highest BCUT2D eigenvalue weighted by Gasteiger charge is 2.33. The van der Waals surface area contributed by atoms with Crippen LogP contribution in [0.25, 0.3) is 0 Å². The van der Waals surface area contributed by atoms with Gasteiger partial charge in [-0.25, -0.2) is 4.98 Å². The number of amides is 2. The number of benzene rings is 1. The van der Waals surface area contributed by atoms with Crippen molar-refractivity contribution in [2.45, 2.75) is 91.5 Å². The van der Waals surface area contributed by atoms with Gasteiger partial charge >= 0.3 is 5.97 Å². The Labute approximate surface area is 279 Å². The van der Waals surface area contributed by atoms with Gasteiger partial charge in [-0.2, -0.15) is 0 Å². The Hall–Kier alpha value is -3.34. The first-order valence-corrected chi connectivity index (χ1v) is 17.0. The molecule has 3 N–H and O–H groups in total. The number of rotatable bonds is 20. The van der Waals surface area contributed by atoms with Crippen molar-refractivity contribution in [3.05, 3.63) is 76.8 Å². The van der Waals surface area contributed by atoms with E-state index in [0.717, 1.165) is 17.6 Å². The molecular weight excluding hydrogens is 600 g/mol. The zero-order chi connectivity index (χ0) is 34.4. The van der Waals surface area contributed by atoms with E-state index < -0.39 is 18.1 Å². The number of ether oxygens (including phenoxy) is 2. The first-order valence-electron chi connectivity index (χ1n) is 16.1. The molecule has 0 radical (unpaired) electrons. The number of hydrogen-bond acceptors (Lipinski definition) is 8. The van der Waals surface area contributed by atoms with Gasteiger partial charge in [-0.3, -0.25) is 14.4 Å². The van der Waals surface area contributed by atoms with Crippen molar-refractivity contribution < 1.29 is 23.9 Å². The van der Waals surface area contributed by atoms with Gasteiger partial charge in [-0.1, -0.05) is 96.2 Å². The van der Waals surface area contributed by atoms with Crippen LogP contribution in [0.5, 0.6) is 0 Å². The number of likely N-dealkylation sites (N-methyl/N-ethyl adjacent to an activating group) is 1. The van der Waals surface area contributed by atoms with Gasteiger partial charge in [0.15, 0.2) is 0 Å². The number of thiazole rings is 1. The molecule has 1 aromatic heterocycles. The number of aromatic nitrogens is 1. The summed E-state index contributed by atoms with van der Waals surface area (Å²) in [5.74, 6) is -1.02. The first-order chi connectivity index (χ1) is 21.8. The van der Waals surface area contributed by atoms with Gasteiger partial charge in [0.05, 0.1) is 18.6 Å². The predicted molar refractivity (Wildman–Crippen MR) is 185 cm³/mol. The molecule has 9 nitrogen and oxygen atoms in total. The highest BCUT2D eigenvalue weighted by molar-refractivity contribution is 7.09. The Bertz CT molecular complexity index is 1280. The molecule has 0 fully saturated rings. The van der Waals surface area contributed by atoms with Crippen molar-refractivity contribution in [3.63, 3.8) is 0 Å². The lowest BCUT2D eigenvalue weighted by molar-refractivity contribution is -0.147. The van der Waals surface area contributed by atoms with Crippen LogP contribution in [-0.2, 0) is 25.5 Å². The zero-order valence-corrected chi connectivity index (χ0v) is 29.5. The molecule has 2 rings (SSSR count). The molecule has 2 aromatic rings. The molecule has 0 aliphatic rings. The van der Waals surface area contributed by atoms with Gasteiger partial charge in [0.2, 0.25) is 5.91 Å². The molecule has 1 heterocycles. The molecule has 10 heteroatoms. The molecule has 6 atom stereocenters. The summed E-state index contributed by atoms with van der Waals surface area (Å²) < 4.78 is 11.5. The minimum Gasteiger partial charge on any atom is -0.461 e. The molecule has 0 aliphatic heterocycles. The highest BCUT2D eigenvalue weighted by atomic mass is 32.1. The lowest BCUT2D eigenvalue weighted by atomic mass is 9.93. The van der Waals surface area contributed by atoms with Crippen molar-refractivity contribution in [1.29, 1.82) is 0 Å². The maximum atomic E-state index is 13.5. The van der Waals surface area contributed by atoms with Crippen molar-refractivity contribution in [2.24, 2.45) is 23.5 Å². The molecule has 46 heavy (non-hydrogen) atoms. The van der Waals surface area contributed by atoms with E-state index in [1.807, 2.05) is 51.1 Å². The molecule has 0 spiro atoms. The summed E-state index contributed by atoms with van der Waals surface area (Å²) in [5.41, 5.74) is 8.49. The molecule has 0 bridgehead atoms. The zero-order valence-electron chi connectivity index (χ0n) is 28.7. The van der Waals surface area contributed by atoms with Gasteiger partial charge in [0.25, 0.3) is 5.91 Å². The van der Waals surface area contributed by atoms with Gasteiger partial charge in [0.1, 0.15) is 23.4 Å². The molecule has 0 saturated carbocycles. The van der Waals surface area contributed by atoms with Crippen molar-refractivity contribution in [1.82, 2.24) is 15.2 Å². The standard InChI is InChI=1S/C36H54N4O5S/c1-10-17-44-36(43)26(8)18-28(19-27-15-13-12-14-16-27)38-33(41)29-22-46-34(39-29)31(45-21-23(3)4)20-30(24(5)6)40(9)35(42)32(37)25(7)11-2/h10,12-16,22,24-26,28,30-32H,1,3,11,17-21,37H2,2,4-9H3,(H,38,41)/t25-,26-,28+,30+,31+,32-/m0/s1. The second-order valence-electron chi connectivity index (χ2n) is 12.7. The Morgan fingerprint density at radius 2 is 1.80 bits per heavy atom. The van der Waals surface area contributed by atoms with E-state index in [-0.39, 0.29) is 54.0 Å². The average molecular weight is 655 g/mol. The lowest BCUT2D eigenvalue weighted by Crippen LogP contribution is -2.51. The predicted octanol–water partition coefficient (Wildman–Crippen LogP) is 6.12. The van der Waals surface area contributed by atoms with Crippen molar-refractivity contribution >= 4 is 29.1 Å². The molecule has 1 aromatic carbocycles. The second-order valence-corrected chi connectivity index (χ2v) is 13.5. The monoisotopic (exact) mass is 654 g/mol. The molecular formula is C36H54N4O5S. The van der Waals surface area contributed by atoms with Crippen LogP contribution in [-0.4, -0.2) is 66.1 Å². The minimum absolute atomic E-state index is 0.0600. The fraction of sp³-hybridized carbons (Fsp3) is 0.556. The van der Waals surface area contributed by atoms with Gasteiger partial charge in [0, 0.05) is 30.9 Å². The summed E-state index contributed by atoms with van der Waals surface area (Å²) in [5, 5.41) is 5.47. The summed E-state index contributed by atoms with van der Waals surface area (Å²) in [4.78, 5) is 45.8. The summed E-state index contributed by atoms with van der Waals surface area (Å²) in [6, 6.07) is 8.73. The van der Waals surface area contributed by atoms with Crippen LogP contribution < -0.4 is 11.1 Å². The normalized spacial score (nSPS) is 15.2. The number of carbonyl (C=O) groups excluding carboxylic acids is 3. The lowest BCUT2D eigenvalue weighted by Gasteiger charge is -2.36. The molecule has 0 aliphatic carbocycles. The van der Waals surface area contributed by atoms with E-state index in [1.54, 1.807) is 24.3 Å². The third-order valence-corrected chi connectivity index (χ3v) is 9.15. The third-order valence-electron chi connectivity index (χ3n) is 8.22. The van der Waals surface area contributed by atoms with Crippen LogP contribution in [0.4, 0.5) is 0 Å². The average Bonchev–Trinajstić information content (AvgIpc) is 3.52. The molecule has 0 saturated heterocycles. The number of carbonyl (C=O) groups is 3. The first kappa shape index (κ1) is 38.8. The van der Waals surface area contributed by atoms with Gasteiger partial charge < -0.3 is 25.4 Å². The second kappa shape index (κ2) is 19.4. The number of hydrogen-bond donors (Lipinski definition) is 2. The number of nitrogens with two attached hydrogens (primary N) is 1. The maximum absolute atomic E-state index is 13.5. The highest BCUT2D eigenvalue weighted by Crippen LogP contribution is 2.31. The van der Waals surface area contributed by atoms with E-state index in [4.69, 9.17) is 20.2 Å². The number of esters is 1. The van der Waals surface area contributed by atoms with E-state index in [1.165, 1.54) is 17.4 Å². The van der Waals surface area contributed by atoms with E-state index in [0.29, 0.717) is 30.9 Å². The topological polar surface area (TPSA) is 124 Å². The van der Waals surface area contributed by atoms with E-state index in [9.17, 15) is 14.4 Å². The summed E-state index contributed by atoms with van der Waals surface area (Å²) in [6.07, 6.45) is 3.30. The van der Waals surface area contributed by atoms with Crippen LogP contribution >= 0.6 is 11.3 Å². The van der Waals surface area contributed by atoms with E-state index >= 15 is 0 Å². The Kier molecular flexibility index (Phi) is 16.3. The summed E-state index contributed by atoms with van der Waals surface area (Å²) in [6.45, 7) is 19.9. The van der Waals surface area contributed by atoms with Crippen LogP contribution in [0.15, 0.2) is 60.5 Å². The van der Waals surface area contributed by atoms with Crippen LogP contribution in [0.3, 0.4) is 0 Å². The molecule has 254 valence electrons. The Morgan fingerprint density at radius 1 is 1.13 bits per heavy atom. The SMILES string of the molecule is C=CCOC(=O)[C@@H](C)C[C@H](Cc1ccccc1)NC(=O)c1csc([C@@H](C[C@H](C(C)C)N(C)C(=O)[C@@H](N)[C@@H](C)CC)OCC(=C)C)n1. The van der Waals surface area contributed by atoms with Gasteiger partial charge in [-0.05, 0) is 37.2 Å². The van der Waals surface area contributed by atoms with E-state index in [2.05, 4.69) is 32.3 Å². The quantitative estimate of drug-likeness (QED) is 0.130. The molecule has 2 amide bonds. The third kappa shape index (κ3) is 12.1. The summed E-state index contributed by atoms with van der Waals surface area (Å²) in [7, 11) is 1.80. The Balaban J connectivity index is 2.29. The van der Waals surface area contributed by atoms with Crippen molar-refractivity contribution in [2.75, 3.05) is 20.3 Å². The van der Waals surface area contributed by atoms with Crippen LogP contribution in [0.1, 0.15) is 88.0 Å². The molecule has 0 unspecified atom stereocenters. The number of nitrogens with zero attached hydrogens (tertiary/aromatic N) is 2. The summed E-state index contributed by atoms with van der Waals surface area (Å²) >= 11 is 1.35. The maximum Gasteiger partial charge on any atom is 0.309 e. The van der Waals surface area contributed by atoms with Crippen LogP contribution in [0.2, 0.25) is 0 Å². The minimum atomic E-state index is -0.586. The Morgan fingerprint density at radius 3 is 2.39 bits per heavy atom. The largest absolute Gasteiger partial charge is 0.461 e. The number of nitrogens with one attached hydrogen (secondary N) is 1. The fourth-order valence-electron chi connectivity index (χ4n) is 5.17. The fourth-order valence-corrected chi connectivity index (χ4v) is 6.03. The van der Waals surface area contributed by atoms with Crippen LogP contribution in [0, 0.1) is 17.8 Å².